The van der Waals surface area contributed by atoms with Gasteiger partial charge in [0.05, 0.1) is 17.8 Å². The third-order valence-electron chi connectivity index (χ3n) is 8.60. The van der Waals surface area contributed by atoms with E-state index in [1.54, 1.807) is 6.07 Å². The molecule has 0 aliphatic heterocycles. The SMILES string of the molecule is [2H]c1c([2H])c([2H])c(-c2c3c([2H])c([2H])c([2H])c([2H])c3c(-c3ccc(-c4ccc(-c5ccc6ccccc6c5)cc4)c4ccccc34)c3c([2H])c([2H])c([2H])c([2H])c23)c([2H])c1[2H]. The second-order valence-electron chi connectivity index (χ2n) is 11.1. The number of hydrogen-bond donors (Lipinski definition) is 0. The first-order chi connectivity index (χ1) is 28.2. The van der Waals surface area contributed by atoms with Gasteiger partial charge in [0.25, 0.3) is 0 Å². The van der Waals surface area contributed by atoms with Gasteiger partial charge >= 0.3 is 0 Å². The fourth-order valence-corrected chi connectivity index (χ4v) is 6.50. The fraction of sp³-hybridized carbons (Fsp3) is 0. The van der Waals surface area contributed by atoms with Crippen molar-refractivity contribution < 1.29 is 17.8 Å². The van der Waals surface area contributed by atoms with Crippen LogP contribution in [-0.4, -0.2) is 0 Å². The fourth-order valence-electron chi connectivity index (χ4n) is 6.50. The molecule has 46 heavy (non-hydrogen) atoms. The lowest BCUT2D eigenvalue weighted by Gasteiger charge is -2.19. The van der Waals surface area contributed by atoms with Crippen molar-refractivity contribution >= 4 is 43.1 Å². The van der Waals surface area contributed by atoms with Gasteiger partial charge in [0.15, 0.2) is 0 Å². The van der Waals surface area contributed by atoms with Crippen molar-refractivity contribution in [1.82, 2.24) is 0 Å². The second kappa shape index (κ2) is 10.9. The smallest absolute Gasteiger partial charge is 0.0622 e. The van der Waals surface area contributed by atoms with Crippen LogP contribution in [0.2, 0.25) is 0 Å². The highest BCUT2D eigenvalue weighted by Gasteiger charge is 2.18. The minimum absolute atomic E-state index is 0.0968. The van der Waals surface area contributed by atoms with E-state index < -0.39 is 84.1 Å². The maximum Gasteiger partial charge on any atom is 0.0629 e. The van der Waals surface area contributed by atoms with Crippen LogP contribution >= 0.6 is 0 Å². The summed E-state index contributed by atoms with van der Waals surface area (Å²) in [6.45, 7) is 0. The molecule has 0 bridgehead atoms. The zero-order chi connectivity index (χ0) is 41.8. The summed E-state index contributed by atoms with van der Waals surface area (Å²) in [5.74, 6) is 0. The highest BCUT2D eigenvalue weighted by molar-refractivity contribution is 6.24. The molecule has 0 fully saturated rings. The lowest BCUT2D eigenvalue weighted by Crippen LogP contribution is -1.92. The number of hydrogen-bond acceptors (Lipinski definition) is 0. The Morgan fingerprint density at radius 2 is 0.804 bits per heavy atom. The standard InChI is InChI=1S/C46H30/c1-2-13-34(14-3-1)45-40-18-8-10-20-42(40)46(43-21-11-9-19-41(43)45)44-29-28-37(38-16-6-7-17-39(38)44)33-25-22-32(23-26-33)36-27-24-31-12-4-5-15-35(31)30-36/h1-30H/i1D,2D,3D,8D,9D,10D,11D,13D,14D,18D,19D,20D,21D. The minimum atomic E-state index is -0.708. The van der Waals surface area contributed by atoms with Crippen LogP contribution < -0.4 is 0 Å². The quantitative estimate of drug-likeness (QED) is 0.178. The van der Waals surface area contributed by atoms with Crippen LogP contribution in [0.25, 0.3) is 87.6 Å². The lowest BCUT2D eigenvalue weighted by atomic mass is 9.84. The first kappa shape index (κ1) is 16.4. The zero-order valence-electron chi connectivity index (χ0n) is 37.3. The molecule has 0 spiro atoms. The third kappa shape index (κ3) is 4.30. The van der Waals surface area contributed by atoms with Crippen LogP contribution in [0, 0.1) is 0 Å². The van der Waals surface area contributed by atoms with E-state index >= 15 is 0 Å². The Labute approximate surface area is 287 Å². The number of rotatable bonds is 4. The van der Waals surface area contributed by atoms with E-state index in [2.05, 4.69) is 30.3 Å². The van der Waals surface area contributed by atoms with Crippen LogP contribution in [-0.2, 0) is 0 Å². The molecular weight excluding hydrogens is 553 g/mol. The average Bonchev–Trinajstić information content (AvgIpc) is 3.26. The Morgan fingerprint density at radius 3 is 1.48 bits per heavy atom. The molecule has 0 unspecified atom stereocenters. The topological polar surface area (TPSA) is 0 Å². The molecule has 0 aliphatic carbocycles. The summed E-state index contributed by atoms with van der Waals surface area (Å²) in [6.07, 6.45) is 0. The second-order valence-corrected chi connectivity index (χ2v) is 11.1. The zero-order valence-corrected chi connectivity index (χ0v) is 24.3. The predicted octanol–water partition coefficient (Wildman–Crippen LogP) is 13.0. The molecule has 0 atom stereocenters. The molecule has 0 heterocycles. The Balaban J connectivity index is 1.39. The molecule has 9 aromatic rings. The van der Waals surface area contributed by atoms with Gasteiger partial charge in [0.2, 0.25) is 0 Å². The Hall–Kier alpha value is -5.98. The van der Waals surface area contributed by atoms with Crippen molar-refractivity contribution in [2.24, 2.45) is 0 Å². The van der Waals surface area contributed by atoms with Gasteiger partial charge in [-0.05, 0) is 93.7 Å². The van der Waals surface area contributed by atoms with Gasteiger partial charge in [-0.3, -0.25) is 0 Å². The summed E-state index contributed by atoms with van der Waals surface area (Å²) in [4.78, 5) is 0. The average molecular weight is 596 g/mol. The molecule has 0 amide bonds. The van der Waals surface area contributed by atoms with E-state index in [9.17, 15) is 5.48 Å². The molecule has 0 aliphatic rings. The van der Waals surface area contributed by atoms with E-state index in [0.29, 0.717) is 10.9 Å². The van der Waals surface area contributed by atoms with Crippen LogP contribution in [0.15, 0.2) is 182 Å². The van der Waals surface area contributed by atoms with E-state index in [1.165, 1.54) is 0 Å². The minimum Gasteiger partial charge on any atom is -0.0622 e. The van der Waals surface area contributed by atoms with E-state index in [4.69, 9.17) is 12.3 Å². The summed E-state index contributed by atoms with van der Waals surface area (Å²) in [7, 11) is 0. The normalized spacial score (nSPS) is 15.4. The largest absolute Gasteiger partial charge is 0.0629 e. The molecule has 0 saturated carbocycles. The number of fused-ring (bicyclic) bond motifs is 4. The van der Waals surface area contributed by atoms with Gasteiger partial charge < -0.3 is 0 Å². The Kier molecular flexibility index (Phi) is 3.87. The maximum atomic E-state index is 9.34. The van der Waals surface area contributed by atoms with Gasteiger partial charge in [-0.15, -0.1) is 0 Å². The Morgan fingerprint density at radius 1 is 0.304 bits per heavy atom. The lowest BCUT2D eigenvalue weighted by molar-refractivity contribution is 1.62. The van der Waals surface area contributed by atoms with Crippen molar-refractivity contribution in [2.45, 2.75) is 0 Å². The highest BCUT2D eigenvalue weighted by Crippen LogP contribution is 2.46. The predicted molar refractivity (Wildman–Crippen MR) is 198 cm³/mol. The van der Waals surface area contributed by atoms with Crippen molar-refractivity contribution in [3.05, 3.63) is 182 Å². The van der Waals surface area contributed by atoms with Crippen LogP contribution in [0.4, 0.5) is 0 Å². The molecule has 9 rings (SSSR count). The molecule has 0 heteroatoms. The van der Waals surface area contributed by atoms with Gasteiger partial charge in [-0.2, -0.15) is 0 Å². The molecule has 214 valence electrons. The summed E-state index contributed by atoms with van der Waals surface area (Å²) < 4.78 is 115. The van der Waals surface area contributed by atoms with Gasteiger partial charge in [0.1, 0.15) is 0 Å². The summed E-state index contributed by atoms with van der Waals surface area (Å²) in [5.41, 5.74) is 3.60. The van der Waals surface area contributed by atoms with Gasteiger partial charge in [-0.1, -0.05) is 176 Å². The first-order valence-corrected chi connectivity index (χ1v) is 14.9. The highest BCUT2D eigenvalue weighted by atomic mass is 14.2. The van der Waals surface area contributed by atoms with Crippen molar-refractivity contribution in [3.8, 4) is 44.5 Å². The van der Waals surface area contributed by atoms with E-state index in [1.807, 2.05) is 66.7 Å². The molecule has 0 N–H and O–H groups in total. The molecule has 0 saturated heterocycles. The van der Waals surface area contributed by atoms with Crippen molar-refractivity contribution in [2.75, 3.05) is 0 Å². The summed E-state index contributed by atoms with van der Waals surface area (Å²) in [5, 5.41) is 2.96. The van der Waals surface area contributed by atoms with Crippen molar-refractivity contribution in [3.63, 3.8) is 0 Å². The van der Waals surface area contributed by atoms with Crippen LogP contribution in [0.1, 0.15) is 17.8 Å². The molecule has 0 radical (unpaired) electrons. The summed E-state index contributed by atoms with van der Waals surface area (Å²) >= 11 is 0. The van der Waals surface area contributed by atoms with Gasteiger partial charge in [0, 0.05) is 0 Å². The van der Waals surface area contributed by atoms with Gasteiger partial charge in [-0.25, -0.2) is 0 Å². The van der Waals surface area contributed by atoms with Crippen LogP contribution in [0.3, 0.4) is 0 Å². The van der Waals surface area contributed by atoms with E-state index in [0.717, 1.165) is 38.4 Å². The monoisotopic (exact) mass is 595 g/mol. The molecule has 9 aromatic carbocycles. The maximum absolute atomic E-state index is 9.34. The van der Waals surface area contributed by atoms with Crippen LogP contribution in [0.5, 0.6) is 0 Å². The molecule has 0 nitrogen and oxygen atoms in total. The third-order valence-corrected chi connectivity index (χ3v) is 8.60. The summed E-state index contributed by atoms with van der Waals surface area (Å²) in [6, 6.07) is 25.5. The van der Waals surface area contributed by atoms with E-state index in [-0.39, 0.29) is 32.7 Å². The van der Waals surface area contributed by atoms with Crippen molar-refractivity contribution in [1.29, 1.82) is 0 Å². The Bertz CT molecular complexity index is 3190. The first-order valence-electron chi connectivity index (χ1n) is 21.4. The number of benzene rings is 9. The molecular formula is C46H30. The molecule has 0 aromatic heterocycles.